The molecule has 2 aromatic heterocycles. The summed E-state index contributed by atoms with van der Waals surface area (Å²) in [5.41, 5.74) is 9.57. The zero-order valence-corrected chi connectivity index (χ0v) is 57.1. The molecule has 6 aromatic rings. The van der Waals surface area contributed by atoms with Crippen molar-refractivity contribution in [2.45, 2.75) is 138 Å². The molecule has 7 atom stereocenters. The van der Waals surface area contributed by atoms with Crippen LogP contribution in [0.2, 0.25) is 0 Å². The standard InChI is InChI=1S/C70H86F2N14O11S2/c1-42(34-74-40-87)11-18-57-66(95)85-60(29-44-12-16-51(89)17-13-44)68(97)86-25-7-22-70(86,3)69(79-41-88)75-24-27-99-39-46-9-6-8-45(28-46)38-98-26-21-61(90)81-56(10-4-5-23-73)65(94)80-43(2)63(92)83-59(31-48-36-77-55-20-15-50(72)33-53(48)55)67(96)84-58(64(93)78-37-62(91)82-57)30-47-35-76-54-19-14-49(71)32-52(47)54/h6,8-9,11-17,19-20,28,32-33,35-36,40-41,43,56-60,76-77,89H,4-5,7,10,18,21-27,29-31,34,37-39,73H2,1-3H3,(H,74,87)(H,78,93)(H,80,94)(H,81,90)(H,82,91)(H,83,92)(H,84,96)(H,85,95)(H,75,79,88)/b42-11-/t43-,56+,57+,58+,59+,60+,70+/m1/s1. The van der Waals surface area contributed by atoms with Crippen LogP contribution in [-0.2, 0) is 78.7 Å². The number of aromatic nitrogens is 2. The monoisotopic (exact) mass is 1400 g/mol. The maximum atomic E-state index is 15.2. The van der Waals surface area contributed by atoms with Gasteiger partial charge in [-0.2, -0.15) is 23.5 Å². The number of aliphatic imine (C=N–C) groups is 1. The number of nitrogens with one attached hydrogen (secondary N) is 11. The van der Waals surface area contributed by atoms with Crippen LogP contribution in [-0.4, -0.2) is 172 Å². The van der Waals surface area contributed by atoms with Gasteiger partial charge in [0.1, 0.15) is 59.5 Å². The van der Waals surface area contributed by atoms with Crippen LogP contribution >= 0.6 is 23.5 Å². The Bertz CT molecular complexity index is 3920. The van der Waals surface area contributed by atoms with Gasteiger partial charge in [0.05, 0.1) is 18.6 Å². The Morgan fingerprint density at radius 2 is 1.30 bits per heavy atom. The molecule has 1 fully saturated rings. The molecule has 0 unspecified atom stereocenters. The molecule has 0 aliphatic carbocycles. The first kappa shape index (κ1) is 75.2. The first-order valence-corrected chi connectivity index (χ1v) is 35.2. The van der Waals surface area contributed by atoms with Gasteiger partial charge in [0.15, 0.2) is 0 Å². The number of benzene rings is 4. The van der Waals surface area contributed by atoms with Gasteiger partial charge in [0.2, 0.25) is 60.1 Å². The topological polar surface area (TPSA) is 372 Å². The quantitative estimate of drug-likeness (QED) is 0.0370. The summed E-state index contributed by atoms with van der Waals surface area (Å²) >= 11 is 3.15. The Balaban J connectivity index is 1.13. The Hall–Kier alpha value is -9.61. The Kier molecular flexibility index (Phi) is 28.0. The summed E-state index contributed by atoms with van der Waals surface area (Å²) in [4.78, 5) is 152. The van der Waals surface area contributed by atoms with Gasteiger partial charge >= 0.3 is 0 Å². The molecule has 0 saturated carbocycles. The van der Waals surface area contributed by atoms with Crippen LogP contribution in [0.15, 0.2) is 114 Å². The van der Waals surface area contributed by atoms with E-state index in [1.807, 2.05) is 18.2 Å². The number of phenols is 1. The number of nitrogens with two attached hydrogens (primary N) is 1. The molecule has 2 bridgehead atoms. The summed E-state index contributed by atoms with van der Waals surface area (Å²) in [6.07, 6.45) is 6.88. The second-order valence-corrected chi connectivity index (χ2v) is 27.0. The zero-order valence-electron chi connectivity index (χ0n) is 55.4. The van der Waals surface area contributed by atoms with Gasteiger partial charge in [-0.15, -0.1) is 0 Å². The van der Waals surface area contributed by atoms with Crippen LogP contribution < -0.4 is 53.6 Å². The van der Waals surface area contributed by atoms with E-state index in [-0.39, 0.29) is 69.7 Å². The van der Waals surface area contributed by atoms with Gasteiger partial charge in [0.25, 0.3) is 0 Å². The van der Waals surface area contributed by atoms with Crippen molar-refractivity contribution in [1.29, 1.82) is 0 Å². The Labute approximate surface area is 580 Å². The number of thioether (sulfide) groups is 2. The van der Waals surface area contributed by atoms with Gasteiger partial charge in [-0.05, 0) is 142 Å². The van der Waals surface area contributed by atoms with Crippen molar-refractivity contribution in [3.8, 4) is 5.75 Å². The van der Waals surface area contributed by atoms with Crippen molar-refractivity contribution in [1.82, 2.24) is 62.7 Å². The molecule has 2 aliphatic rings. The fraction of sp³-hybridized carbons (Fsp3) is 0.414. The number of amidine groups is 1. The highest BCUT2D eigenvalue weighted by Crippen LogP contribution is 2.32. The van der Waals surface area contributed by atoms with Crippen molar-refractivity contribution in [2.75, 3.05) is 44.2 Å². The molecule has 25 nitrogen and oxygen atoms in total. The Morgan fingerprint density at radius 1 is 0.697 bits per heavy atom. The normalized spacial score (nSPS) is 22.3. The van der Waals surface area contributed by atoms with E-state index in [0.717, 1.165) is 11.1 Å². The molecule has 0 radical (unpaired) electrons. The maximum absolute atomic E-state index is 15.2. The molecule has 14 N–H and O–H groups in total. The second-order valence-electron chi connectivity index (χ2n) is 24.8. The fourth-order valence-corrected chi connectivity index (χ4v) is 13.6. The first-order valence-electron chi connectivity index (χ1n) is 32.8. The third-order valence-corrected chi connectivity index (χ3v) is 19.3. The molecule has 4 aromatic carbocycles. The van der Waals surface area contributed by atoms with E-state index in [4.69, 9.17) is 10.7 Å². The zero-order chi connectivity index (χ0) is 71.0. The number of rotatable bonds is 16. The lowest BCUT2D eigenvalue weighted by molar-refractivity contribution is -0.139. The summed E-state index contributed by atoms with van der Waals surface area (Å²) in [5.74, 6) is -4.94. The number of aromatic hydroxyl groups is 1. The van der Waals surface area contributed by atoms with Gasteiger partial charge in [-0.3, -0.25) is 52.9 Å². The van der Waals surface area contributed by atoms with E-state index in [9.17, 15) is 52.2 Å². The molecule has 1 saturated heterocycles. The smallest absolute Gasteiger partial charge is 0.246 e. The predicted octanol–water partition coefficient (Wildman–Crippen LogP) is 4.01. The van der Waals surface area contributed by atoms with E-state index in [2.05, 4.69) is 63.9 Å². The minimum Gasteiger partial charge on any atom is -0.508 e. The molecular weight excluding hydrogens is 1310 g/mol. The maximum Gasteiger partial charge on any atom is 0.246 e. The van der Waals surface area contributed by atoms with E-state index < -0.39 is 107 Å². The first-order chi connectivity index (χ1) is 47.6. The third kappa shape index (κ3) is 21.7. The molecule has 2 aliphatic heterocycles. The van der Waals surface area contributed by atoms with Crippen molar-refractivity contribution < 1.29 is 61.8 Å². The minimum absolute atomic E-state index is 0.0452. The Morgan fingerprint density at radius 3 is 1.95 bits per heavy atom. The van der Waals surface area contributed by atoms with Crippen molar-refractivity contribution in [2.24, 2.45) is 10.7 Å². The third-order valence-electron chi connectivity index (χ3n) is 17.3. The van der Waals surface area contributed by atoms with Crippen LogP contribution in [0.1, 0.15) is 93.5 Å². The van der Waals surface area contributed by atoms with E-state index in [1.165, 1.54) is 79.6 Å². The average Bonchev–Trinajstić information content (AvgIpc) is 1.69. The highest BCUT2D eigenvalue weighted by Gasteiger charge is 2.46. The SMILES string of the molecule is C/C(=C/C[C@@H]1NC(=O)CNC(=O)[C@H](Cc2c[nH]c3ccc(F)cc23)NC(=O)[C@H](Cc2c[nH]c3ccc(F)cc23)NC(=O)[C@@H](C)NC(=O)[C@H](CCCCN)NC(=O)CCSCc2cccc(c2)CSCCN=C(NC=O)[C@]2(C)CCCN2C(=O)[C@H](Cc2ccc(O)cc2)NC1=O)CNC=O. The molecule has 4 heterocycles. The van der Waals surface area contributed by atoms with Gasteiger partial charge in [-0.25, -0.2) is 8.78 Å². The number of phenolic OH excluding ortho intramolecular Hbond substituents is 1. The van der Waals surface area contributed by atoms with Crippen LogP contribution in [0.3, 0.4) is 0 Å². The number of fused-ring (bicyclic) bond motifs is 5. The number of aromatic amines is 2. The lowest BCUT2D eigenvalue weighted by Crippen LogP contribution is -2.61. The summed E-state index contributed by atoms with van der Waals surface area (Å²) in [6, 6.07) is 13.7. The van der Waals surface area contributed by atoms with Crippen LogP contribution in [0.4, 0.5) is 8.78 Å². The highest BCUT2D eigenvalue weighted by atomic mass is 32.2. The molecule has 99 heavy (non-hydrogen) atoms. The predicted molar refractivity (Wildman–Crippen MR) is 376 cm³/mol. The largest absolute Gasteiger partial charge is 0.508 e. The number of unbranched alkanes of at least 4 members (excludes halogenated alkanes) is 1. The van der Waals surface area contributed by atoms with Crippen LogP contribution in [0, 0.1) is 11.6 Å². The molecule has 10 amide bonds. The number of hydrogen-bond acceptors (Lipinski definition) is 15. The molecule has 29 heteroatoms. The van der Waals surface area contributed by atoms with E-state index in [0.29, 0.717) is 112 Å². The van der Waals surface area contributed by atoms with Gasteiger partial charge in [0, 0.05) is 96.0 Å². The lowest BCUT2D eigenvalue weighted by Gasteiger charge is -2.38. The van der Waals surface area contributed by atoms with E-state index in [1.54, 1.807) is 48.7 Å². The number of amides is 10. The number of hydrogen-bond donors (Lipinski definition) is 13. The highest BCUT2D eigenvalue weighted by molar-refractivity contribution is 7.98. The number of carbonyl (C=O) groups is 10. The summed E-state index contributed by atoms with van der Waals surface area (Å²) < 4.78 is 29.8. The van der Waals surface area contributed by atoms with Gasteiger partial charge < -0.3 is 73.6 Å². The number of halogens is 2. The number of nitrogens with zero attached hydrogens (tertiary/aromatic N) is 2. The van der Waals surface area contributed by atoms with Gasteiger partial charge in [-0.1, -0.05) is 48.0 Å². The lowest BCUT2D eigenvalue weighted by atomic mass is 9.95. The molecule has 8 rings (SSSR count). The summed E-state index contributed by atoms with van der Waals surface area (Å²) in [6.45, 7) is 4.93. The van der Waals surface area contributed by atoms with Crippen molar-refractivity contribution in [3.63, 3.8) is 0 Å². The van der Waals surface area contributed by atoms with Crippen LogP contribution in [0.5, 0.6) is 5.75 Å². The number of H-pyrrole nitrogens is 2. The fourth-order valence-electron chi connectivity index (χ4n) is 11.9. The molecule has 0 spiro atoms. The summed E-state index contributed by atoms with van der Waals surface area (Å²) in [7, 11) is 0. The van der Waals surface area contributed by atoms with Crippen molar-refractivity contribution >= 4 is 111 Å². The minimum atomic E-state index is -1.59. The van der Waals surface area contributed by atoms with E-state index >= 15 is 9.59 Å². The van der Waals surface area contributed by atoms with Crippen molar-refractivity contribution in [3.05, 3.63) is 148 Å². The molecule has 528 valence electrons. The average molecular weight is 1400 g/mol. The molecular formula is C70H86F2N14O11S2. The van der Waals surface area contributed by atoms with Crippen LogP contribution in [0.25, 0.3) is 21.8 Å². The second kappa shape index (κ2) is 36.8. The summed E-state index contributed by atoms with van der Waals surface area (Å²) in [5, 5.41) is 35.3. The number of carbonyl (C=O) groups excluding carboxylic acids is 10.